The molecule has 0 spiro atoms. The van der Waals surface area contributed by atoms with Gasteiger partial charge in [0.15, 0.2) is 0 Å². The van der Waals surface area contributed by atoms with Gasteiger partial charge in [0.2, 0.25) is 0 Å². The third kappa shape index (κ3) is 2.33. The molecule has 5 nitrogen and oxygen atoms in total. The average Bonchev–Trinajstić information content (AvgIpc) is 2.79. The van der Waals surface area contributed by atoms with Crippen molar-refractivity contribution in [2.75, 3.05) is 18.4 Å². The number of rotatable bonds is 1. The first-order chi connectivity index (χ1) is 9.65. The van der Waals surface area contributed by atoms with Gasteiger partial charge in [-0.05, 0) is 11.5 Å². The van der Waals surface area contributed by atoms with E-state index in [1.54, 1.807) is 0 Å². The van der Waals surface area contributed by atoms with E-state index in [9.17, 15) is 15.0 Å². The van der Waals surface area contributed by atoms with E-state index < -0.39 is 12.2 Å². The van der Waals surface area contributed by atoms with Crippen molar-refractivity contribution in [3.63, 3.8) is 0 Å². The molecular weight excluding hydrogens is 256 g/mol. The normalized spacial score (nSPS) is 22.2. The molecule has 0 saturated carbocycles. The standard InChI is InChI=1S/C15H16N2O3/c18-13-8-17(9-14(13)19)15(20)16-12-7-3-5-10-4-1-2-6-11(10)12/h1-7,13-14,18-19H,8-9H2,(H,16,20). The number of benzene rings is 2. The maximum Gasteiger partial charge on any atom is 0.322 e. The van der Waals surface area contributed by atoms with E-state index in [0.717, 1.165) is 16.5 Å². The summed E-state index contributed by atoms with van der Waals surface area (Å²) in [6.45, 7) is 0.301. The minimum absolute atomic E-state index is 0.151. The van der Waals surface area contributed by atoms with Crippen molar-refractivity contribution in [3.8, 4) is 0 Å². The molecule has 0 radical (unpaired) electrons. The Bertz CT molecular complexity index is 629. The van der Waals surface area contributed by atoms with E-state index in [2.05, 4.69) is 5.32 Å². The van der Waals surface area contributed by atoms with Crippen molar-refractivity contribution in [3.05, 3.63) is 42.5 Å². The average molecular weight is 272 g/mol. The molecule has 2 atom stereocenters. The maximum absolute atomic E-state index is 12.1. The molecule has 0 bridgehead atoms. The Morgan fingerprint density at radius 2 is 1.70 bits per heavy atom. The monoisotopic (exact) mass is 272 g/mol. The number of urea groups is 1. The van der Waals surface area contributed by atoms with Crippen molar-refractivity contribution < 1.29 is 15.0 Å². The predicted octanol–water partition coefficient (Wildman–Crippen LogP) is 1.41. The molecule has 5 heteroatoms. The van der Waals surface area contributed by atoms with Crippen LogP contribution in [0.4, 0.5) is 10.5 Å². The van der Waals surface area contributed by atoms with E-state index in [1.165, 1.54) is 4.90 Å². The lowest BCUT2D eigenvalue weighted by molar-refractivity contribution is 0.0572. The van der Waals surface area contributed by atoms with E-state index >= 15 is 0 Å². The van der Waals surface area contributed by atoms with Gasteiger partial charge in [-0.25, -0.2) is 4.79 Å². The van der Waals surface area contributed by atoms with Gasteiger partial charge in [-0.15, -0.1) is 0 Å². The molecule has 20 heavy (non-hydrogen) atoms. The molecule has 0 aliphatic carbocycles. The van der Waals surface area contributed by atoms with Gasteiger partial charge >= 0.3 is 6.03 Å². The smallest absolute Gasteiger partial charge is 0.322 e. The number of carbonyl (C=O) groups excluding carboxylic acids is 1. The topological polar surface area (TPSA) is 72.8 Å². The summed E-state index contributed by atoms with van der Waals surface area (Å²) in [6, 6.07) is 13.2. The highest BCUT2D eigenvalue weighted by atomic mass is 16.3. The number of likely N-dealkylation sites (tertiary alicyclic amines) is 1. The number of hydrogen-bond acceptors (Lipinski definition) is 3. The fraction of sp³-hybridized carbons (Fsp3) is 0.267. The Labute approximate surface area is 116 Å². The summed E-state index contributed by atoms with van der Waals surface area (Å²) in [6.07, 6.45) is -1.73. The zero-order chi connectivity index (χ0) is 14.1. The molecule has 2 aromatic rings. The fourth-order valence-electron chi connectivity index (χ4n) is 2.46. The largest absolute Gasteiger partial charge is 0.388 e. The van der Waals surface area contributed by atoms with Crippen LogP contribution in [0.5, 0.6) is 0 Å². The zero-order valence-electron chi connectivity index (χ0n) is 10.9. The molecule has 2 unspecified atom stereocenters. The summed E-state index contributed by atoms with van der Waals surface area (Å²) in [5.41, 5.74) is 0.726. The minimum atomic E-state index is -0.867. The van der Waals surface area contributed by atoms with Crippen molar-refractivity contribution in [2.24, 2.45) is 0 Å². The second-order valence-corrected chi connectivity index (χ2v) is 5.00. The highest BCUT2D eigenvalue weighted by Gasteiger charge is 2.32. The molecule has 104 valence electrons. The number of carbonyl (C=O) groups is 1. The first kappa shape index (κ1) is 12.9. The Kier molecular flexibility index (Phi) is 3.30. The summed E-state index contributed by atoms with van der Waals surface area (Å²) in [7, 11) is 0. The third-order valence-electron chi connectivity index (χ3n) is 3.58. The van der Waals surface area contributed by atoms with E-state index in [4.69, 9.17) is 0 Å². The Morgan fingerprint density at radius 1 is 1.05 bits per heavy atom. The molecular formula is C15H16N2O3. The molecule has 0 aromatic heterocycles. The summed E-state index contributed by atoms with van der Waals surface area (Å²) in [4.78, 5) is 13.6. The van der Waals surface area contributed by atoms with Crippen LogP contribution >= 0.6 is 0 Å². The molecule has 1 fully saturated rings. The maximum atomic E-state index is 12.1. The quantitative estimate of drug-likeness (QED) is 0.735. The van der Waals surface area contributed by atoms with Crippen LogP contribution in [-0.2, 0) is 0 Å². The number of fused-ring (bicyclic) bond motifs is 1. The molecule has 1 aliphatic heterocycles. The van der Waals surface area contributed by atoms with Crippen molar-refractivity contribution >= 4 is 22.5 Å². The van der Waals surface area contributed by atoms with Gasteiger partial charge in [0, 0.05) is 5.39 Å². The van der Waals surface area contributed by atoms with Crippen LogP contribution in [0.1, 0.15) is 0 Å². The first-order valence-electron chi connectivity index (χ1n) is 6.55. The summed E-state index contributed by atoms with van der Waals surface area (Å²) < 4.78 is 0. The van der Waals surface area contributed by atoms with Gasteiger partial charge in [-0.1, -0.05) is 36.4 Å². The molecule has 3 rings (SSSR count). The first-order valence-corrected chi connectivity index (χ1v) is 6.55. The van der Waals surface area contributed by atoms with Gasteiger partial charge in [0.05, 0.1) is 31.0 Å². The second-order valence-electron chi connectivity index (χ2n) is 5.00. The van der Waals surface area contributed by atoms with Crippen LogP contribution in [0.15, 0.2) is 42.5 Å². The van der Waals surface area contributed by atoms with Crippen molar-refractivity contribution in [1.29, 1.82) is 0 Å². The van der Waals surface area contributed by atoms with Crippen LogP contribution in [0.3, 0.4) is 0 Å². The van der Waals surface area contributed by atoms with E-state index in [1.807, 2.05) is 42.5 Å². The summed E-state index contributed by atoms with van der Waals surface area (Å²) >= 11 is 0. The molecule has 1 heterocycles. The predicted molar refractivity (Wildman–Crippen MR) is 76.6 cm³/mol. The fourth-order valence-corrected chi connectivity index (χ4v) is 2.46. The lowest BCUT2D eigenvalue weighted by atomic mass is 10.1. The Hall–Kier alpha value is -2.11. The van der Waals surface area contributed by atoms with Crippen LogP contribution in [-0.4, -0.2) is 46.4 Å². The van der Waals surface area contributed by atoms with Crippen LogP contribution < -0.4 is 5.32 Å². The van der Waals surface area contributed by atoms with Gasteiger partial charge < -0.3 is 20.4 Å². The molecule has 2 amide bonds. The van der Waals surface area contributed by atoms with Gasteiger partial charge in [-0.3, -0.25) is 0 Å². The lowest BCUT2D eigenvalue weighted by Gasteiger charge is -2.17. The van der Waals surface area contributed by atoms with Gasteiger partial charge in [0.1, 0.15) is 0 Å². The number of amides is 2. The molecule has 1 saturated heterocycles. The Balaban J connectivity index is 1.81. The minimum Gasteiger partial charge on any atom is -0.388 e. The number of β-amino-alcohol motifs (C(OH)–C–C–N with tert-alkyl or cyclic N) is 2. The zero-order valence-corrected chi connectivity index (χ0v) is 10.9. The number of hydrogen-bond donors (Lipinski definition) is 3. The molecule has 2 aromatic carbocycles. The van der Waals surface area contributed by atoms with E-state index in [-0.39, 0.29) is 19.1 Å². The van der Waals surface area contributed by atoms with Gasteiger partial charge in [0.25, 0.3) is 0 Å². The molecule has 3 N–H and O–H groups in total. The SMILES string of the molecule is O=C(Nc1cccc2ccccc12)N1CC(O)C(O)C1. The third-order valence-corrected chi connectivity index (χ3v) is 3.58. The lowest BCUT2D eigenvalue weighted by Crippen LogP contribution is -2.33. The number of aliphatic hydroxyl groups excluding tert-OH is 2. The second kappa shape index (κ2) is 5.11. The van der Waals surface area contributed by atoms with Crippen molar-refractivity contribution in [1.82, 2.24) is 4.90 Å². The molecule has 1 aliphatic rings. The number of aliphatic hydroxyl groups is 2. The van der Waals surface area contributed by atoms with Crippen LogP contribution in [0.25, 0.3) is 10.8 Å². The van der Waals surface area contributed by atoms with E-state index in [0.29, 0.717) is 0 Å². The summed E-state index contributed by atoms with van der Waals surface area (Å²) in [5.74, 6) is 0. The van der Waals surface area contributed by atoms with Crippen LogP contribution in [0, 0.1) is 0 Å². The Morgan fingerprint density at radius 3 is 2.45 bits per heavy atom. The number of nitrogens with one attached hydrogen (secondary N) is 1. The van der Waals surface area contributed by atoms with Crippen LogP contribution in [0.2, 0.25) is 0 Å². The highest BCUT2D eigenvalue weighted by molar-refractivity contribution is 6.01. The number of nitrogens with zero attached hydrogens (tertiary/aromatic N) is 1. The summed E-state index contributed by atoms with van der Waals surface area (Å²) in [5, 5.41) is 23.8. The van der Waals surface area contributed by atoms with Gasteiger partial charge in [-0.2, -0.15) is 0 Å². The highest BCUT2D eigenvalue weighted by Crippen LogP contribution is 2.23. The van der Waals surface area contributed by atoms with Crippen molar-refractivity contribution in [2.45, 2.75) is 12.2 Å². The number of anilines is 1.